The molecule has 2 aromatic heterocycles. The Kier molecular flexibility index (Phi) is 6.18. The van der Waals surface area contributed by atoms with Crippen molar-refractivity contribution in [2.75, 3.05) is 37.7 Å². The number of nitrogens with zero attached hydrogens (tertiary/aromatic N) is 5. The lowest BCUT2D eigenvalue weighted by atomic mass is 9.95. The summed E-state index contributed by atoms with van der Waals surface area (Å²) < 4.78 is 6.54. The van der Waals surface area contributed by atoms with Gasteiger partial charge in [0.25, 0.3) is 0 Å². The summed E-state index contributed by atoms with van der Waals surface area (Å²) in [6.45, 7) is 4.57. The van der Waals surface area contributed by atoms with Gasteiger partial charge in [-0.2, -0.15) is 4.98 Å². The smallest absolute Gasteiger partial charge is 0.236 e. The van der Waals surface area contributed by atoms with E-state index in [9.17, 15) is 5.11 Å². The van der Waals surface area contributed by atoms with E-state index in [1.54, 1.807) is 18.3 Å². The highest BCUT2D eigenvalue weighted by atomic mass is 35.5. The molecule has 8 rings (SSSR count). The standard InChI is InChI=1S/C31H32Cl2N6O2/c32-24-5-1-4-18-12-21(40)13-22(25(18)24)28-34-14-23-27(36-28)26(33)30(41-17-31-8-2-10-39(31)11-3-9-31)37-29(23)38-15-19-6-7-20(16-38)35-19/h1,4-5,12-14,19-20,35,40H,2-3,6-11,15-17H2. The zero-order valence-corrected chi connectivity index (χ0v) is 24.3. The average Bonchev–Trinajstić information content (AvgIpc) is 3.65. The van der Waals surface area contributed by atoms with Gasteiger partial charge in [0.15, 0.2) is 5.82 Å². The van der Waals surface area contributed by atoms with Crippen LogP contribution in [0.4, 0.5) is 5.82 Å². The van der Waals surface area contributed by atoms with Crippen LogP contribution in [0.3, 0.4) is 0 Å². The fourth-order valence-corrected chi connectivity index (χ4v) is 8.19. The highest BCUT2D eigenvalue weighted by Crippen LogP contribution is 2.43. The van der Waals surface area contributed by atoms with Gasteiger partial charge in [-0.3, -0.25) is 4.90 Å². The molecule has 0 aliphatic carbocycles. The van der Waals surface area contributed by atoms with Crippen molar-refractivity contribution in [3.8, 4) is 23.0 Å². The molecule has 8 nitrogen and oxygen atoms in total. The number of nitrogens with one attached hydrogen (secondary N) is 1. The van der Waals surface area contributed by atoms with Gasteiger partial charge in [0.05, 0.1) is 10.9 Å². The van der Waals surface area contributed by atoms with E-state index < -0.39 is 0 Å². The van der Waals surface area contributed by atoms with Crippen LogP contribution in [-0.4, -0.2) is 75.4 Å². The molecule has 10 heteroatoms. The Morgan fingerprint density at radius 3 is 2.61 bits per heavy atom. The topological polar surface area (TPSA) is 86.6 Å². The number of phenolic OH excluding ortho intramolecular Hbond substituents is 1. The number of rotatable bonds is 5. The molecular weight excluding hydrogens is 559 g/mol. The molecule has 0 spiro atoms. The molecule has 2 bridgehead atoms. The van der Waals surface area contributed by atoms with E-state index in [4.69, 9.17) is 42.9 Å². The van der Waals surface area contributed by atoms with Crippen LogP contribution in [0.15, 0.2) is 36.5 Å². The summed E-state index contributed by atoms with van der Waals surface area (Å²) in [4.78, 5) is 19.7. The number of aromatic nitrogens is 3. The third-order valence-corrected chi connectivity index (χ3v) is 10.2. The molecule has 0 radical (unpaired) electrons. The van der Waals surface area contributed by atoms with E-state index in [0.717, 1.165) is 61.0 Å². The molecule has 4 saturated heterocycles. The van der Waals surface area contributed by atoms with Crippen molar-refractivity contribution in [3.05, 3.63) is 46.6 Å². The summed E-state index contributed by atoms with van der Waals surface area (Å²) >= 11 is 13.7. The van der Waals surface area contributed by atoms with E-state index in [-0.39, 0.29) is 11.3 Å². The minimum Gasteiger partial charge on any atom is -0.508 e. The second kappa shape index (κ2) is 9.83. The van der Waals surface area contributed by atoms with Crippen molar-refractivity contribution in [1.82, 2.24) is 25.2 Å². The van der Waals surface area contributed by atoms with Crippen molar-refractivity contribution >= 4 is 50.7 Å². The average molecular weight is 592 g/mol. The highest BCUT2D eigenvalue weighted by Gasteiger charge is 2.45. The minimum atomic E-state index is 0.0718. The van der Waals surface area contributed by atoms with Crippen LogP contribution in [0.1, 0.15) is 38.5 Å². The second-order valence-electron chi connectivity index (χ2n) is 12.1. The molecule has 4 fully saturated rings. The number of halogens is 2. The zero-order chi connectivity index (χ0) is 27.7. The van der Waals surface area contributed by atoms with Crippen LogP contribution in [0.25, 0.3) is 33.1 Å². The SMILES string of the molecule is Oc1cc(-c2ncc3c(N4CC5CCC(C4)N5)nc(OCC45CCCN4CCC5)c(Cl)c3n2)c2c(Cl)cccc2c1. The van der Waals surface area contributed by atoms with E-state index in [2.05, 4.69) is 15.1 Å². The predicted molar refractivity (Wildman–Crippen MR) is 162 cm³/mol. The van der Waals surface area contributed by atoms with Gasteiger partial charge >= 0.3 is 0 Å². The lowest BCUT2D eigenvalue weighted by molar-refractivity contribution is 0.111. The molecule has 4 aliphatic heterocycles. The molecule has 6 heterocycles. The first kappa shape index (κ1) is 25.8. The number of piperazine rings is 1. The first-order chi connectivity index (χ1) is 20.0. The van der Waals surface area contributed by atoms with E-state index in [1.807, 2.05) is 18.2 Å². The van der Waals surface area contributed by atoms with Crippen molar-refractivity contribution in [3.63, 3.8) is 0 Å². The van der Waals surface area contributed by atoms with Gasteiger partial charge in [-0.25, -0.2) is 9.97 Å². The van der Waals surface area contributed by atoms with Crippen molar-refractivity contribution in [2.45, 2.75) is 56.1 Å². The molecule has 4 aliphatic rings. The van der Waals surface area contributed by atoms with Gasteiger partial charge in [-0.15, -0.1) is 0 Å². The minimum absolute atomic E-state index is 0.0718. The normalized spacial score (nSPS) is 23.5. The molecular formula is C31H32Cl2N6O2. The number of benzene rings is 2. The predicted octanol–water partition coefficient (Wildman–Crippen LogP) is 5.81. The number of fused-ring (bicyclic) bond motifs is 5. The number of hydrogen-bond acceptors (Lipinski definition) is 8. The summed E-state index contributed by atoms with van der Waals surface area (Å²) in [5.41, 5.74) is 1.32. The molecule has 2 atom stereocenters. The molecule has 4 aromatic rings. The molecule has 212 valence electrons. The van der Waals surface area contributed by atoms with Gasteiger partial charge in [0.2, 0.25) is 5.88 Å². The third-order valence-electron chi connectivity index (χ3n) is 9.59. The van der Waals surface area contributed by atoms with E-state index >= 15 is 0 Å². The Morgan fingerprint density at radius 2 is 1.83 bits per heavy atom. The molecule has 2 N–H and O–H groups in total. The Hall–Kier alpha value is -2.91. The Bertz CT molecular complexity index is 1660. The number of pyridine rings is 1. The van der Waals surface area contributed by atoms with Crippen LogP contribution in [0.2, 0.25) is 10.0 Å². The largest absolute Gasteiger partial charge is 0.508 e. The second-order valence-corrected chi connectivity index (χ2v) is 12.9. The summed E-state index contributed by atoms with van der Waals surface area (Å²) in [5.74, 6) is 1.80. The maximum absolute atomic E-state index is 10.5. The number of phenols is 1. The van der Waals surface area contributed by atoms with Crippen LogP contribution >= 0.6 is 23.2 Å². The summed E-state index contributed by atoms with van der Waals surface area (Å²) in [6.07, 6.45) is 8.83. The molecule has 2 unspecified atom stereocenters. The zero-order valence-electron chi connectivity index (χ0n) is 22.7. The fraction of sp³-hybridized carbons (Fsp3) is 0.452. The first-order valence-corrected chi connectivity index (χ1v) is 15.4. The quantitative estimate of drug-likeness (QED) is 0.301. The molecule has 41 heavy (non-hydrogen) atoms. The van der Waals surface area contributed by atoms with Crippen LogP contribution in [0.5, 0.6) is 11.6 Å². The van der Waals surface area contributed by atoms with Crippen molar-refractivity contribution < 1.29 is 9.84 Å². The van der Waals surface area contributed by atoms with Crippen molar-refractivity contribution in [1.29, 1.82) is 0 Å². The van der Waals surface area contributed by atoms with E-state index in [0.29, 0.717) is 51.5 Å². The van der Waals surface area contributed by atoms with Crippen LogP contribution < -0.4 is 15.0 Å². The van der Waals surface area contributed by atoms with Gasteiger partial charge in [-0.1, -0.05) is 35.3 Å². The van der Waals surface area contributed by atoms with Crippen LogP contribution in [0, 0.1) is 0 Å². The number of aromatic hydroxyl groups is 1. The third kappa shape index (κ3) is 4.30. The van der Waals surface area contributed by atoms with Gasteiger partial charge in [-0.05, 0) is 75.2 Å². The lowest BCUT2D eigenvalue weighted by Crippen LogP contribution is -2.51. The highest BCUT2D eigenvalue weighted by molar-refractivity contribution is 6.37. The summed E-state index contributed by atoms with van der Waals surface area (Å²) in [6, 6.07) is 9.85. The maximum Gasteiger partial charge on any atom is 0.236 e. The van der Waals surface area contributed by atoms with Crippen molar-refractivity contribution in [2.24, 2.45) is 0 Å². The first-order valence-electron chi connectivity index (χ1n) is 14.6. The molecule has 0 amide bonds. The Labute approximate surface area is 248 Å². The van der Waals surface area contributed by atoms with E-state index in [1.165, 1.54) is 25.7 Å². The van der Waals surface area contributed by atoms with Gasteiger partial charge in [0, 0.05) is 47.3 Å². The number of anilines is 1. The molecule has 0 saturated carbocycles. The summed E-state index contributed by atoms with van der Waals surface area (Å²) in [7, 11) is 0. The Balaban J connectivity index is 1.26. The number of hydrogen-bond donors (Lipinski definition) is 2. The Morgan fingerprint density at radius 1 is 1.05 bits per heavy atom. The van der Waals surface area contributed by atoms with Gasteiger partial charge < -0.3 is 20.1 Å². The summed E-state index contributed by atoms with van der Waals surface area (Å²) in [5, 5.41) is 17.6. The molecule has 2 aromatic carbocycles. The fourth-order valence-electron chi connectivity index (χ4n) is 7.66. The monoisotopic (exact) mass is 590 g/mol. The maximum atomic E-state index is 10.5. The van der Waals surface area contributed by atoms with Crippen LogP contribution in [-0.2, 0) is 0 Å². The number of ether oxygens (including phenoxy) is 1. The lowest BCUT2D eigenvalue weighted by Gasteiger charge is -2.35. The van der Waals surface area contributed by atoms with Gasteiger partial charge in [0.1, 0.15) is 28.7 Å².